The van der Waals surface area contributed by atoms with Crippen LogP contribution in [0.4, 0.5) is 18.9 Å². The molecule has 6 heteroatoms. The minimum Gasteiger partial charge on any atom is -0.326 e. The smallest absolute Gasteiger partial charge is 0.326 e. The van der Waals surface area contributed by atoms with Gasteiger partial charge in [0.05, 0.1) is 5.56 Å². The van der Waals surface area contributed by atoms with Crippen LogP contribution in [0.5, 0.6) is 0 Å². The molecule has 0 spiro atoms. The predicted molar refractivity (Wildman–Crippen MR) is 101 cm³/mol. The molecule has 0 aromatic heterocycles. The van der Waals surface area contributed by atoms with Crippen LogP contribution in [0.15, 0.2) is 48.5 Å². The molecule has 3 nitrogen and oxygen atoms in total. The Morgan fingerprint density at radius 3 is 2.29 bits per heavy atom. The third-order valence-corrected chi connectivity index (χ3v) is 5.07. The molecule has 0 saturated heterocycles. The fraction of sp³-hybridized carbons (Fsp3) is 0.364. The Morgan fingerprint density at radius 2 is 1.64 bits per heavy atom. The van der Waals surface area contributed by atoms with Crippen LogP contribution in [0.2, 0.25) is 0 Å². The van der Waals surface area contributed by atoms with E-state index in [9.17, 15) is 22.8 Å². The standard InChI is InChI=1S/C22H22F3NO2/c23-22(24,25)18-8-4-5-15(13-18)14-20(27)16-9-11-19(12-10-16)26-21(28)17-6-2-1-3-7-17/h4-5,8-13,17H,1-3,6-7,14H2,(H,26,28). The number of carbonyl (C=O) groups is 2. The number of ketones is 1. The maximum Gasteiger partial charge on any atom is 0.416 e. The highest BCUT2D eigenvalue weighted by Gasteiger charge is 2.30. The van der Waals surface area contributed by atoms with Crippen LogP contribution in [0.1, 0.15) is 53.6 Å². The highest BCUT2D eigenvalue weighted by molar-refractivity contribution is 5.98. The summed E-state index contributed by atoms with van der Waals surface area (Å²) in [4.78, 5) is 24.7. The Balaban J connectivity index is 1.61. The van der Waals surface area contributed by atoms with Crippen molar-refractivity contribution in [2.75, 3.05) is 5.32 Å². The molecule has 0 heterocycles. The normalized spacial score (nSPS) is 15.2. The van der Waals surface area contributed by atoms with Crippen molar-refractivity contribution in [2.45, 2.75) is 44.7 Å². The number of hydrogen-bond donors (Lipinski definition) is 1. The van der Waals surface area contributed by atoms with Crippen LogP contribution in [-0.4, -0.2) is 11.7 Å². The van der Waals surface area contributed by atoms with E-state index in [1.807, 2.05) is 0 Å². The van der Waals surface area contributed by atoms with Gasteiger partial charge in [0.25, 0.3) is 0 Å². The Bertz CT molecular complexity index is 838. The maximum atomic E-state index is 12.8. The summed E-state index contributed by atoms with van der Waals surface area (Å²) in [5.74, 6) is -0.233. The first-order chi connectivity index (χ1) is 13.3. The zero-order chi connectivity index (χ0) is 20.1. The molecule has 1 aliphatic rings. The first-order valence-corrected chi connectivity index (χ1v) is 9.43. The van der Waals surface area contributed by atoms with Gasteiger partial charge in [0.15, 0.2) is 5.78 Å². The van der Waals surface area contributed by atoms with E-state index in [4.69, 9.17) is 0 Å². The summed E-state index contributed by atoms with van der Waals surface area (Å²) >= 11 is 0. The van der Waals surface area contributed by atoms with Crippen molar-refractivity contribution in [3.05, 3.63) is 65.2 Å². The van der Waals surface area contributed by atoms with Crippen LogP contribution >= 0.6 is 0 Å². The third-order valence-electron chi connectivity index (χ3n) is 5.07. The molecule has 1 fully saturated rings. The largest absolute Gasteiger partial charge is 0.416 e. The van der Waals surface area contributed by atoms with E-state index in [1.54, 1.807) is 24.3 Å². The molecule has 148 valence electrons. The van der Waals surface area contributed by atoms with Crippen molar-refractivity contribution < 1.29 is 22.8 Å². The molecule has 0 unspecified atom stereocenters. The number of Topliss-reactive ketones (excluding diaryl/α,β-unsaturated/α-hetero) is 1. The van der Waals surface area contributed by atoms with Crippen molar-refractivity contribution in [3.63, 3.8) is 0 Å². The molecular formula is C22H22F3NO2. The zero-order valence-corrected chi connectivity index (χ0v) is 15.4. The molecule has 3 rings (SSSR count). The molecule has 1 aliphatic carbocycles. The lowest BCUT2D eigenvalue weighted by atomic mass is 9.88. The summed E-state index contributed by atoms with van der Waals surface area (Å²) in [7, 11) is 0. The number of halogens is 3. The average molecular weight is 389 g/mol. The quantitative estimate of drug-likeness (QED) is 0.672. The van der Waals surface area contributed by atoms with E-state index in [0.717, 1.165) is 37.8 Å². The second-order valence-electron chi connectivity index (χ2n) is 7.20. The highest BCUT2D eigenvalue weighted by Crippen LogP contribution is 2.30. The second kappa shape index (κ2) is 8.59. The first kappa shape index (κ1) is 20.1. The number of alkyl halides is 3. The topological polar surface area (TPSA) is 46.2 Å². The van der Waals surface area contributed by atoms with Gasteiger partial charge in [-0.2, -0.15) is 13.2 Å². The van der Waals surface area contributed by atoms with Gasteiger partial charge in [-0.1, -0.05) is 37.5 Å². The molecule has 1 N–H and O–H groups in total. The van der Waals surface area contributed by atoms with E-state index >= 15 is 0 Å². The lowest BCUT2D eigenvalue weighted by molar-refractivity contribution is -0.137. The van der Waals surface area contributed by atoms with Gasteiger partial charge in [-0.15, -0.1) is 0 Å². The lowest BCUT2D eigenvalue weighted by Crippen LogP contribution is -2.24. The SMILES string of the molecule is O=C(Cc1cccc(C(F)(F)F)c1)c1ccc(NC(=O)C2CCCCC2)cc1. The number of nitrogens with one attached hydrogen (secondary N) is 1. The fourth-order valence-corrected chi connectivity index (χ4v) is 3.49. The molecule has 0 radical (unpaired) electrons. The van der Waals surface area contributed by atoms with Crippen molar-refractivity contribution in [1.29, 1.82) is 0 Å². The Hall–Kier alpha value is -2.63. The summed E-state index contributed by atoms with van der Waals surface area (Å²) in [5, 5.41) is 2.88. The Morgan fingerprint density at radius 1 is 0.964 bits per heavy atom. The summed E-state index contributed by atoms with van der Waals surface area (Å²) in [6.07, 6.45) is 0.572. The van der Waals surface area contributed by atoms with Gasteiger partial charge in [-0.3, -0.25) is 9.59 Å². The van der Waals surface area contributed by atoms with E-state index in [1.165, 1.54) is 18.6 Å². The Labute approximate surface area is 162 Å². The van der Waals surface area contributed by atoms with Crippen molar-refractivity contribution in [3.8, 4) is 0 Å². The van der Waals surface area contributed by atoms with Crippen molar-refractivity contribution >= 4 is 17.4 Å². The number of hydrogen-bond acceptors (Lipinski definition) is 2. The third kappa shape index (κ3) is 5.21. The van der Waals surface area contributed by atoms with Crippen LogP contribution in [0.3, 0.4) is 0 Å². The summed E-state index contributed by atoms with van der Waals surface area (Å²) in [6.45, 7) is 0. The van der Waals surface area contributed by atoms with Gasteiger partial charge >= 0.3 is 6.18 Å². The minimum atomic E-state index is -4.43. The van der Waals surface area contributed by atoms with E-state index in [2.05, 4.69) is 5.32 Å². The predicted octanol–water partition coefficient (Wildman–Crippen LogP) is 5.65. The second-order valence-corrected chi connectivity index (χ2v) is 7.20. The summed E-state index contributed by atoms with van der Waals surface area (Å²) in [5.41, 5.74) is 0.562. The number of anilines is 1. The van der Waals surface area contributed by atoms with Crippen LogP contribution < -0.4 is 5.32 Å². The highest BCUT2D eigenvalue weighted by atomic mass is 19.4. The van der Waals surface area contributed by atoms with Crippen LogP contribution in [-0.2, 0) is 17.4 Å². The Kier molecular flexibility index (Phi) is 6.17. The average Bonchev–Trinajstić information content (AvgIpc) is 2.69. The summed E-state index contributed by atoms with van der Waals surface area (Å²) in [6, 6.07) is 11.3. The zero-order valence-electron chi connectivity index (χ0n) is 15.4. The molecule has 28 heavy (non-hydrogen) atoms. The van der Waals surface area contributed by atoms with Gasteiger partial charge < -0.3 is 5.32 Å². The molecule has 2 aromatic carbocycles. The molecule has 0 aliphatic heterocycles. The first-order valence-electron chi connectivity index (χ1n) is 9.43. The minimum absolute atomic E-state index is 0.00254. The molecular weight excluding hydrogens is 367 g/mol. The van der Waals surface area contributed by atoms with Gasteiger partial charge in [0.1, 0.15) is 0 Å². The van der Waals surface area contributed by atoms with Gasteiger partial charge in [-0.05, 0) is 48.7 Å². The van der Waals surface area contributed by atoms with Crippen LogP contribution in [0.25, 0.3) is 0 Å². The van der Waals surface area contributed by atoms with Crippen molar-refractivity contribution in [2.24, 2.45) is 5.92 Å². The maximum absolute atomic E-state index is 12.8. The number of benzene rings is 2. The molecule has 0 atom stereocenters. The van der Waals surface area contributed by atoms with Gasteiger partial charge in [0, 0.05) is 23.6 Å². The van der Waals surface area contributed by atoms with E-state index in [0.29, 0.717) is 16.8 Å². The molecule has 1 amide bonds. The number of amides is 1. The monoisotopic (exact) mass is 389 g/mol. The molecule has 1 saturated carbocycles. The van der Waals surface area contributed by atoms with Gasteiger partial charge in [-0.25, -0.2) is 0 Å². The van der Waals surface area contributed by atoms with Crippen LogP contribution in [0, 0.1) is 5.92 Å². The van der Waals surface area contributed by atoms with Crippen molar-refractivity contribution in [1.82, 2.24) is 0 Å². The molecule has 0 bridgehead atoms. The van der Waals surface area contributed by atoms with E-state index in [-0.39, 0.29) is 24.0 Å². The summed E-state index contributed by atoms with van der Waals surface area (Å²) < 4.78 is 38.4. The lowest BCUT2D eigenvalue weighted by Gasteiger charge is -2.20. The fourth-order valence-electron chi connectivity index (χ4n) is 3.49. The molecule has 2 aromatic rings. The van der Waals surface area contributed by atoms with E-state index < -0.39 is 11.7 Å². The number of carbonyl (C=O) groups excluding carboxylic acids is 2. The van der Waals surface area contributed by atoms with Gasteiger partial charge in [0.2, 0.25) is 5.91 Å². The number of rotatable bonds is 5.